The number of carbonyl (C=O) groups is 4. The van der Waals surface area contributed by atoms with Gasteiger partial charge in [-0.15, -0.1) is 0 Å². The molecule has 1 saturated carbocycles. The standard InChI is InChI=1S/C41H64O9/c1-23(2)28-20-31(42)26(5)12-10-11-24(3)18-32(43)29-19-27(6)37-30(41(29,22-33(28)44)38(47)49-9)17-25(4)13-14-35(46)40(8)16-15-36(50-40)39(7,48)21-34(37)45/h17,23-24,26,28-30,34-36,45-46,48H,10-16,18-22H2,1-9H3/t24-,26+,28-,29+,30-,34+,35-,36-,39-,40-,41+/m0/s1. The summed E-state index contributed by atoms with van der Waals surface area (Å²) < 4.78 is 11.9. The number of Topliss-reactive ketones (excluding diaryl/α,β-unsaturated/α-hetero) is 3. The van der Waals surface area contributed by atoms with Gasteiger partial charge in [-0.1, -0.05) is 57.8 Å². The Labute approximate surface area is 299 Å². The van der Waals surface area contributed by atoms with Crippen LogP contribution >= 0.6 is 0 Å². The number of rotatable bonds is 2. The van der Waals surface area contributed by atoms with E-state index in [-0.39, 0.29) is 67.2 Å². The van der Waals surface area contributed by atoms with Gasteiger partial charge in [0.05, 0.1) is 42.0 Å². The van der Waals surface area contributed by atoms with Crippen molar-refractivity contribution in [2.24, 2.45) is 40.9 Å². The Morgan fingerprint density at radius 1 is 0.960 bits per heavy atom. The second-order valence-electron chi connectivity index (χ2n) is 17.4. The summed E-state index contributed by atoms with van der Waals surface area (Å²) in [4.78, 5) is 57.4. The molecule has 282 valence electrons. The van der Waals surface area contributed by atoms with E-state index >= 15 is 0 Å². The van der Waals surface area contributed by atoms with Crippen molar-refractivity contribution in [2.45, 2.75) is 162 Å². The number of fused-ring (bicyclic) bond motifs is 5. The number of carbonyl (C=O) groups excluding carboxylic acids is 4. The van der Waals surface area contributed by atoms with E-state index in [1.807, 2.05) is 54.5 Å². The molecule has 2 aliphatic heterocycles. The lowest BCUT2D eigenvalue weighted by atomic mass is 9.52. The predicted octanol–water partition coefficient (Wildman–Crippen LogP) is 6.25. The molecule has 4 rings (SSSR count). The summed E-state index contributed by atoms with van der Waals surface area (Å²) in [5.74, 6) is -3.92. The summed E-state index contributed by atoms with van der Waals surface area (Å²) in [6.45, 7) is 15.0. The third kappa shape index (κ3) is 8.21. The van der Waals surface area contributed by atoms with Gasteiger partial charge in [0.25, 0.3) is 0 Å². The summed E-state index contributed by atoms with van der Waals surface area (Å²) in [6.07, 6.45) is 3.32. The zero-order valence-corrected chi connectivity index (χ0v) is 32.0. The first-order valence-electron chi connectivity index (χ1n) is 19.1. The van der Waals surface area contributed by atoms with Gasteiger partial charge < -0.3 is 24.8 Å². The van der Waals surface area contributed by atoms with Gasteiger partial charge in [0, 0.05) is 49.4 Å². The Balaban J connectivity index is 1.98. The summed E-state index contributed by atoms with van der Waals surface area (Å²) in [5.41, 5.74) is -1.96. The van der Waals surface area contributed by atoms with Crippen LogP contribution in [0.1, 0.15) is 132 Å². The highest BCUT2D eigenvalue weighted by molar-refractivity contribution is 5.97. The fourth-order valence-electron chi connectivity index (χ4n) is 9.56. The fraction of sp³-hybridized carbons (Fsp3) is 0.805. The van der Waals surface area contributed by atoms with Crippen molar-refractivity contribution in [2.75, 3.05) is 7.11 Å². The average molecular weight is 701 g/mol. The van der Waals surface area contributed by atoms with Crippen LogP contribution in [0.15, 0.2) is 22.8 Å². The average Bonchev–Trinajstić information content (AvgIpc) is 3.45. The summed E-state index contributed by atoms with van der Waals surface area (Å²) in [7, 11) is 1.27. The summed E-state index contributed by atoms with van der Waals surface area (Å²) in [6, 6.07) is 0. The molecule has 0 aromatic heterocycles. The molecule has 1 saturated heterocycles. The normalized spacial score (nSPS) is 41.6. The molecule has 3 N–H and O–H groups in total. The van der Waals surface area contributed by atoms with Crippen molar-refractivity contribution in [3.05, 3.63) is 22.8 Å². The molecule has 50 heavy (non-hydrogen) atoms. The lowest BCUT2D eigenvalue weighted by Gasteiger charge is -2.49. The highest BCUT2D eigenvalue weighted by atomic mass is 16.5. The molecule has 9 heteroatoms. The molecule has 0 aromatic carbocycles. The molecule has 2 fully saturated rings. The first-order valence-corrected chi connectivity index (χ1v) is 19.1. The van der Waals surface area contributed by atoms with Gasteiger partial charge in [-0.3, -0.25) is 19.2 Å². The zero-order valence-electron chi connectivity index (χ0n) is 32.0. The minimum Gasteiger partial charge on any atom is -0.469 e. The second kappa shape index (κ2) is 15.8. The molecule has 0 radical (unpaired) electrons. The molecular weight excluding hydrogens is 636 g/mol. The number of ether oxygens (including phenoxy) is 2. The zero-order chi connectivity index (χ0) is 37.3. The lowest BCUT2D eigenvalue weighted by molar-refractivity contribution is -0.169. The van der Waals surface area contributed by atoms with Crippen LogP contribution in [0.25, 0.3) is 0 Å². The van der Waals surface area contributed by atoms with Crippen LogP contribution < -0.4 is 0 Å². The predicted molar refractivity (Wildman–Crippen MR) is 191 cm³/mol. The van der Waals surface area contributed by atoms with Crippen molar-refractivity contribution in [1.82, 2.24) is 0 Å². The van der Waals surface area contributed by atoms with Crippen LogP contribution in [0.4, 0.5) is 0 Å². The van der Waals surface area contributed by atoms with Gasteiger partial charge in [-0.05, 0) is 83.6 Å². The van der Waals surface area contributed by atoms with Crippen molar-refractivity contribution in [1.29, 1.82) is 0 Å². The minimum absolute atomic E-state index is 0.00387. The van der Waals surface area contributed by atoms with E-state index in [0.29, 0.717) is 37.7 Å². The van der Waals surface area contributed by atoms with E-state index in [4.69, 9.17) is 9.47 Å². The Morgan fingerprint density at radius 2 is 1.64 bits per heavy atom. The molecule has 2 bridgehead atoms. The topological polar surface area (TPSA) is 147 Å². The van der Waals surface area contributed by atoms with Crippen LogP contribution in [-0.4, -0.2) is 75.3 Å². The van der Waals surface area contributed by atoms with Crippen LogP contribution in [0.2, 0.25) is 0 Å². The largest absolute Gasteiger partial charge is 0.469 e. The molecule has 11 atom stereocenters. The van der Waals surface area contributed by atoms with Gasteiger partial charge in [-0.2, -0.15) is 0 Å². The molecule has 0 amide bonds. The molecule has 0 aromatic rings. The number of aliphatic hydroxyl groups excluding tert-OH is 2. The molecule has 2 aliphatic carbocycles. The van der Waals surface area contributed by atoms with Crippen LogP contribution in [-0.2, 0) is 28.7 Å². The van der Waals surface area contributed by atoms with Gasteiger partial charge >= 0.3 is 5.97 Å². The number of hydrogen-bond acceptors (Lipinski definition) is 9. The Morgan fingerprint density at radius 3 is 2.28 bits per heavy atom. The first kappa shape index (κ1) is 40.6. The van der Waals surface area contributed by atoms with Crippen LogP contribution in [0.5, 0.6) is 0 Å². The highest BCUT2D eigenvalue weighted by Crippen LogP contribution is 2.56. The number of allylic oxidation sites excluding steroid dienone is 3. The van der Waals surface area contributed by atoms with Crippen molar-refractivity contribution in [3.63, 3.8) is 0 Å². The number of aliphatic hydroxyl groups is 3. The third-order valence-corrected chi connectivity index (χ3v) is 13.0. The van der Waals surface area contributed by atoms with Gasteiger partial charge in [0.15, 0.2) is 0 Å². The van der Waals surface area contributed by atoms with Gasteiger partial charge in [0.2, 0.25) is 0 Å². The van der Waals surface area contributed by atoms with Crippen LogP contribution in [0, 0.1) is 40.9 Å². The van der Waals surface area contributed by atoms with Gasteiger partial charge in [0.1, 0.15) is 17.3 Å². The molecule has 9 nitrogen and oxygen atoms in total. The van der Waals surface area contributed by atoms with Crippen molar-refractivity contribution in [3.8, 4) is 0 Å². The summed E-state index contributed by atoms with van der Waals surface area (Å²) in [5, 5.41) is 35.4. The van der Waals surface area contributed by atoms with E-state index in [0.717, 1.165) is 24.0 Å². The van der Waals surface area contributed by atoms with Crippen LogP contribution in [0.3, 0.4) is 0 Å². The van der Waals surface area contributed by atoms with Gasteiger partial charge in [-0.25, -0.2) is 0 Å². The fourth-order valence-corrected chi connectivity index (χ4v) is 9.56. The minimum atomic E-state index is -1.70. The van der Waals surface area contributed by atoms with E-state index in [2.05, 4.69) is 0 Å². The lowest BCUT2D eigenvalue weighted by Crippen LogP contribution is -2.55. The van der Waals surface area contributed by atoms with E-state index < -0.39 is 58.7 Å². The highest BCUT2D eigenvalue weighted by Gasteiger charge is 2.60. The molecule has 4 aliphatic rings. The SMILES string of the molecule is COC(=O)[C@]12CC(=O)[C@H](C(C)C)CC(=O)[C@H](C)CCC[C@H](C)CC(=O)[C@H]1CC(C)=C1[C@H](O)C[C@](C)(O)[C@@H]3CC[C@](C)(O3)[C@@H](O)CCC(C)=C[C@@H]12. The second-order valence-corrected chi connectivity index (χ2v) is 17.4. The van der Waals surface area contributed by atoms with E-state index in [9.17, 15) is 34.5 Å². The van der Waals surface area contributed by atoms with E-state index in [1.165, 1.54) is 7.11 Å². The third-order valence-electron chi connectivity index (χ3n) is 13.0. The van der Waals surface area contributed by atoms with Crippen molar-refractivity contribution >= 4 is 23.3 Å². The van der Waals surface area contributed by atoms with E-state index in [1.54, 1.807) is 6.92 Å². The maximum absolute atomic E-state index is 14.7. The number of hydrogen-bond donors (Lipinski definition) is 3. The number of esters is 1. The maximum Gasteiger partial charge on any atom is 0.313 e. The summed E-state index contributed by atoms with van der Waals surface area (Å²) >= 11 is 0. The molecular formula is C41H64O9. The Kier molecular flexibility index (Phi) is 12.8. The first-order chi connectivity index (χ1) is 23.3. The number of methoxy groups -OCH3 is 1. The van der Waals surface area contributed by atoms with Crippen molar-refractivity contribution < 1.29 is 44.0 Å². The monoisotopic (exact) mass is 700 g/mol. The molecule has 2 heterocycles. The number of ketones is 3. The Bertz CT molecular complexity index is 1360. The Hall–Kier alpha value is -2.20. The quantitative estimate of drug-likeness (QED) is 0.225. The molecule has 0 spiro atoms. The smallest absolute Gasteiger partial charge is 0.313 e. The maximum atomic E-state index is 14.7. The molecule has 0 unspecified atom stereocenters.